The third kappa shape index (κ3) is 5.40. The first-order valence-electron chi connectivity index (χ1n) is 5.47. The highest BCUT2D eigenvalue weighted by Crippen LogP contribution is 2.10. The van der Waals surface area contributed by atoms with Crippen molar-refractivity contribution in [1.29, 1.82) is 0 Å². The molecule has 0 spiro atoms. The standard InChI is InChI=1S/C12H15N3O2S/c1-3-13-12(18)15-14-8-10-4-6-11(7-5-10)17-9(2)16/h4-8H,3H2,1-2H3,(H2,13,15,18)/b14-8+. The molecule has 0 heterocycles. The number of hydrogen-bond acceptors (Lipinski definition) is 4. The molecule has 0 aliphatic rings. The Balaban J connectivity index is 2.50. The van der Waals surface area contributed by atoms with Crippen LogP contribution in [0.15, 0.2) is 29.4 Å². The second kappa shape index (κ2) is 7.39. The summed E-state index contributed by atoms with van der Waals surface area (Å²) in [5.41, 5.74) is 3.56. The van der Waals surface area contributed by atoms with Crippen molar-refractivity contribution in [2.45, 2.75) is 13.8 Å². The van der Waals surface area contributed by atoms with E-state index in [0.717, 1.165) is 12.1 Å². The number of nitrogens with zero attached hydrogens (tertiary/aromatic N) is 1. The van der Waals surface area contributed by atoms with Gasteiger partial charge in [-0.3, -0.25) is 10.2 Å². The van der Waals surface area contributed by atoms with Crippen LogP contribution in [0.3, 0.4) is 0 Å². The van der Waals surface area contributed by atoms with Crippen molar-refractivity contribution in [1.82, 2.24) is 10.7 Å². The molecule has 6 heteroatoms. The third-order valence-electron chi connectivity index (χ3n) is 1.86. The van der Waals surface area contributed by atoms with Crippen molar-refractivity contribution < 1.29 is 9.53 Å². The van der Waals surface area contributed by atoms with E-state index in [1.165, 1.54) is 6.92 Å². The van der Waals surface area contributed by atoms with Gasteiger partial charge in [-0.15, -0.1) is 0 Å². The molecule has 0 atom stereocenters. The number of carbonyl (C=O) groups is 1. The minimum atomic E-state index is -0.339. The quantitative estimate of drug-likeness (QED) is 0.283. The van der Waals surface area contributed by atoms with Gasteiger partial charge in [-0.25, -0.2) is 0 Å². The lowest BCUT2D eigenvalue weighted by Gasteiger charge is -2.03. The van der Waals surface area contributed by atoms with E-state index in [0.29, 0.717) is 10.9 Å². The number of hydrogen-bond donors (Lipinski definition) is 2. The Morgan fingerprint density at radius 3 is 2.67 bits per heavy atom. The van der Waals surface area contributed by atoms with E-state index in [9.17, 15) is 4.79 Å². The van der Waals surface area contributed by atoms with Crippen molar-refractivity contribution in [3.63, 3.8) is 0 Å². The van der Waals surface area contributed by atoms with Crippen molar-refractivity contribution in [2.75, 3.05) is 6.54 Å². The summed E-state index contributed by atoms with van der Waals surface area (Å²) in [6.45, 7) is 4.06. The highest BCUT2D eigenvalue weighted by atomic mass is 32.1. The summed E-state index contributed by atoms with van der Waals surface area (Å²) in [5.74, 6) is 0.171. The van der Waals surface area contributed by atoms with Crippen LogP contribution in [0.2, 0.25) is 0 Å². The van der Waals surface area contributed by atoms with E-state index in [4.69, 9.17) is 17.0 Å². The molecule has 0 aromatic heterocycles. The van der Waals surface area contributed by atoms with E-state index in [1.807, 2.05) is 6.92 Å². The van der Waals surface area contributed by atoms with Gasteiger partial charge >= 0.3 is 5.97 Å². The van der Waals surface area contributed by atoms with Crippen LogP contribution in [0.1, 0.15) is 19.4 Å². The molecular formula is C12H15N3O2S. The van der Waals surface area contributed by atoms with Gasteiger partial charge in [0.25, 0.3) is 0 Å². The highest BCUT2D eigenvalue weighted by molar-refractivity contribution is 7.80. The maximum absolute atomic E-state index is 10.7. The Kier molecular flexibility index (Phi) is 5.79. The van der Waals surface area contributed by atoms with Crippen molar-refractivity contribution >= 4 is 29.5 Å². The first-order valence-corrected chi connectivity index (χ1v) is 5.88. The molecule has 0 unspecified atom stereocenters. The minimum absolute atomic E-state index is 0.339. The maximum atomic E-state index is 10.7. The van der Waals surface area contributed by atoms with E-state index in [-0.39, 0.29) is 5.97 Å². The lowest BCUT2D eigenvalue weighted by Crippen LogP contribution is -2.31. The number of nitrogens with one attached hydrogen (secondary N) is 2. The summed E-state index contributed by atoms with van der Waals surface area (Å²) in [6.07, 6.45) is 1.63. The molecule has 2 N–H and O–H groups in total. The van der Waals surface area contributed by atoms with E-state index in [2.05, 4.69) is 15.8 Å². The SMILES string of the molecule is CCNC(=S)N/N=C/c1ccc(OC(C)=O)cc1. The van der Waals surface area contributed by atoms with E-state index < -0.39 is 0 Å². The average Bonchev–Trinajstić information content (AvgIpc) is 2.31. The zero-order chi connectivity index (χ0) is 13.4. The average molecular weight is 265 g/mol. The summed E-state index contributed by atoms with van der Waals surface area (Å²) in [5, 5.41) is 7.35. The molecule has 1 aromatic carbocycles. The monoisotopic (exact) mass is 265 g/mol. The predicted molar refractivity (Wildman–Crippen MR) is 74.8 cm³/mol. The summed E-state index contributed by atoms with van der Waals surface area (Å²) in [6, 6.07) is 6.98. The molecule has 1 rings (SSSR count). The Labute approximate surface area is 111 Å². The molecule has 18 heavy (non-hydrogen) atoms. The lowest BCUT2D eigenvalue weighted by molar-refractivity contribution is -0.131. The van der Waals surface area contributed by atoms with Crippen LogP contribution in [-0.4, -0.2) is 23.8 Å². The number of ether oxygens (including phenoxy) is 1. The van der Waals surface area contributed by atoms with Gasteiger partial charge in [-0.05, 0) is 49.0 Å². The molecule has 0 radical (unpaired) electrons. The summed E-state index contributed by atoms with van der Waals surface area (Å²) < 4.78 is 4.91. The summed E-state index contributed by atoms with van der Waals surface area (Å²) in [7, 11) is 0. The lowest BCUT2D eigenvalue weighted by atomic mass is 10.2. The number of thiocarbonyl (C=S) groups is 1. The first-order chi connectivity index (χ1) is 8.61. The molecule has 0 aliphatic heterocycles. The molecule has 0 aliphatic carbocycles. The first kappa shape index (κ1) is 14.1. The Morgan fingerprint density at radius 1 is 1.44 bits per heavy atom. The van der Waals surface area contributed by atoms with Crippen molar-refractivity contribution in [3.05, 3.63) is 29.8 Å². The number of carbonyl (C=O) groups excluding carboxylic acids is 1. The van der Waals surface area contributed by atoms with Crippen LogP contribution >= 0.6 is 12.2 Å². The van der Waals surface area contributed by atoms with Gasteiger partial charge in [0, 0.05) is 13.5 Å². The zero-order valence-electron chi connectivity index (χ0n) is 10.3. The number of rotatable bonds is 4. The van der Waals surface area contributed by atoms with Crippen molar-refractivity contribution in [3.8, 4) is 5.75 Å². The molecule has 0 fully saturated rings. The fraction of sp³-hybridized carbons (Fsp3) is 0.250. The molecule has 0 bridgehead atoms. The Bertz CT molecular complexity index is 443. The van der Waals surface area contributed by atoms with Gasteiger partial charge in [0.05, 0.1) is 6.21 Å². The van der Waals surface area contributed by atoms with Crippen LogP contribution in [0.4, 0.5) is 0 Å². The largest absolute Gasteiger partial charge is 0.427 e. The molecule has 1 aromatic rings. The van der Waals surface area contributed by atoms with Gasteiger partial charge in [-0.2, -0.15) is 5.10 Å². The smallest absolute Gasteiger partial charge is 0.308 e. The van der Waals surface area contributed by atoms with Gasteiger partial charge < -0.3 is 10.1 Å². The number of hydrazone groups is 1. The molecule has 96 valence electrons. The van der Waals surface area contributed by atoms with Gasteiger partial charge in [0.2, 0.25) is 0 Å². The van der Waals surface area contributed by atoms with Crippen molar-refractivity contribution in [2.24, 2.45) is 5.10 Å². The molecule has 0 saturated heterocycles. The fourth-order valence-corrected chi connectivity index (χ4v) is 1.35. The maximum Gasteiger partial charge on any atom is 0.308 e. The van der Waals surface area contributed by atoms with Crippen LogP contribution < -0.4 is 15.5 Å². The Morgan fingerprint density at radius 2 is 2.11 bits per heavy atom. The molecule has 0 amide bonds. The number of benzene rings is 1. The predicted octanol–water partition coefficient (Wildman–Crippen LogP) is 1.43. The van der Waals surface area contributed by atoms with Crippen LogP contribution in [0.25, 0.3) is 0 Å². The van der Waals surface area contributed by atoms with Crippen LogP contribution in [0.5, 0.6) is 5.75 Å². The van der Waals surface area contributed by atoms with Gasteiger partial charge in [0.15, 0.2) is 5.11 Å². The molecule has 0 saturated carbocycles. The zero-order valence-corrected chi connectivity index (χ0v) is 11.1. The van der Waals surface area contributed by atoms with Gasteiger partial charge in [-0.1, -0.05) is 0 Å². The Hall–Kier alpha value is -1.95. The highest BCUT2D eigenvalue weighted by Gasteiger charge is 1.96. The van der Waals surface area contributed by atoms with E-state index >= 15 is 0 Å². The third-order valence-corrected chi connectivity index (χ3v) is 2.09. The second-order valence-electron chi connectivity index (χ2n) is 3.39. The van der Waals surface area contributed by atoms with E-state index in [1.54, 1.807) is 30.5 Å². The topological polar surface area (TPSA) is 62.7 Å². The number of esters is 1. The second-order valence-corrected chi connectivity index (χ2v) is 3.80. The molecular weight excluding hydrogens is 250 g/mol. The molecule has 5 nitrogen and oxygen atoms in total. The summed E-state index contributed by atoms with van der Waals surface area (Å²) >= 11 is 4.94. The van der Waals surface area contributed by atoms with Crippen LogP contribution in [-0.2, 0) is 4.79 Å². The normalized spacial score (nSPS) is 10.1. The van der Waals surface area contributed by atoms with Crippen LogP contribution in [0, 0.1) is 0 Å². The fourth-order valence-electron chi connectivity index (χ4n) is 1.15. The minimum Gasteiger partial charge on any atom is -0.427 e. The van der Waals surface area contributed by atoms with Gasteiger partial charge in [0.1, 0.15) is 5.75 Å². The summed E-state index contributed by atoms with van der Waals surface area (Å²) in [4.78, 5) is 10.7.